The number of guanidine groups is 2. The van der Waals surface area contributed by atoms with Crippen molar-refractivity contribution in [1.29, 1.82) is 10.8 Å². The standard InChI is InChI=1S/2C9H19N5O3.Mn/c2*1-5(10)7(15)14-6(8(16)17)3-2-4-13-9(11)12;/h2*5-6H,2-4,10H2,1H3,(H,14,15)(H,16,17)(H4,11,12,13);/q;;+2/p-2/t2*5-,6-;/m00./s1. The Morgan fingerprint density at radius 3 is 1.23 bits per heavy atom. The summed E-state index contributed by atoms with van der Waals surface area (Å²) in [5.74, 6) is -4.18. The molecule has 0 rings (SSSR count). The van der Waals surface area contributed by atoms with E-state index in [-0.39, 0.29) is 41.8 Å². The number of hydrogen-bond donors (Lipinski definition) is 10. The van der Waals surface area contributed by atoms with E-state index in [1.54, 1.807) is 0 Å². The van der Waals surface area contributed by atoms with Gasteiger partial charge in [-0.15, -0.1) is 0 Å². The van der Waals surface area contributed by atoms with E-state index in [2.05, 4.69) is 21.3 Å². The number of nitrogens with two attached hydrogens (primary N) is 4. The molecule has 0 aliphatic heterocycles. The van der Waals surface area contributed by atoms with E-state index in [1.165, 1.54) is 13.8 Å². The molecule has 0 spiro atoms. The van der Waals surface area contributed by atoms with Crippen LogP contribution in [0.2, 0.25) is 0 Å². The number of carboxylic acid groups (broad SMARTS) is 2. The molecule has 0 bridgehead atoms. The maximum atomic E-state index is 11.2. The molecule has 0 saturated carbocycles. The zero-order chi connectivity index (χ0) is 26.8. The van der Waals surface area contributed by atoms with Crippen LogP contribution in [0, 0.1) is 10.8 Å². The minimum absolute atomic E-state index is 0. The molecule has 17 heteroatoms. The molecule has 0 aromatic rings. The first-order chi connectivity index (χ1) is 15.7. The van der Waals surface area contributed by atoms with Gasteiger partial charge >= 0.3 is 17.1 Å². The molecule has 35 heavy (non-hydrogen) atoms. The smallest absolute Gasteiger partial charge is 0.548 e. The van der Waals surface area contributed by atoms with Crippen molar-refractivity contribution < 1.29 is 46.5 Å². The minimum atomic E-state index is -1.36. The summed E-state index contributed by atoms with van der Waals surface area (Å²) < 4.78 is 0. The molecule has 201 valence electrons. The predicted molar refractivity (Wildman–Crippen MR) is 119 cm³/mol. The van der Waals surface area contributed by atoms with E-state index in [4.69, 9.17) is 33.8 Å². The number of rotatable bonds is 14. The van der Waals surface area contributed by atoms with Gasteiger partial charge < -0.3 is 64.0 Å². The Morgan fingerprint density at radius 2 is 1.03 bits per heavy atom. The number of carbonyl (C=O) groups excluding carboxylic acids is 4. The Kier molecular flexibility index (Phi) is 21.1. The van der Waals surface area contributed by atoms with Gasteiger partial charge in [0.1, 0.15) is 0 Å². The van der Waals surface area contributed by atoms with Gasteiger partial charge in [0, 0.05) is 13.1 Å². The fraction of sp³-hybridized carbons (Fsp3) is 0.667. The van der Waals surface area contributed by atoms with Gasteiger partial charge in [0.05, 0.1) is 36.1 Å². The van der Waals surface area contributed by atoms with Gasteiger partial charge in [0.2, 0.25) is 11.8 Å². The monoisotopic (exact) mass is 543 g/mol. The molecule has 1 radical (unpaired) electrons. The summed E-state index contributed by atoms with van der Waals surface area (Å²) in [6, 6.07) is -3.70. The first kappa shape index (κ1) is 36.4. The number of carbonyl (C=O) groups is 4. The molecule has 14 N–H and O–H groups in total. The van der Waals surface area contributed by atoms with Crippen LogP contribution in [0.4, 0.5) is 0 Å². The Hall–Kier alpha value is -3.14. The minimum Gasteiger partial charge on any atom is -0.548 e. The zero-order valence-corrected chi connectivity index (χ0v) is 20.9. The first-order valence-corrected chi connectivity index (χ1v) is 10.4. The molecular formula is C18H36MnN10O6. The largest absolute Gasteiger partial charge is 2.00 e. The topological polar surface area (TPSA) is 314 Å². The number of hydrogen-bond acceptors (Lipinski definition) is 10. The van der Waals surface area contributed by atoms with Crippen LogP contribution in [0.5, 0.6) is 0 Å². The van der Waals surface area contributed by atoms with Crippen LogP contribution in [-0.2, 0) is 36.2 Å². The van der Waals surface area contributed by atoms with Crippen molar-refractivity contribution in [3.8, 4) is 0 Å². The maximum absolute atomic E-state index is 11.2. The van der Waals surface area contributed by atoms with Crippen molar-refractivity contribution in [3.05, 3.63) is 0 Å². The molecule has 0 saturated heterocycles. The van der Waals surface area contributed by atoms with Gasteiger partial charge in [0.25, 0.3) is 0 Å². The van der Waals surface area contributed by atoms with Crippen LogP contribution in [0.25, 0.3) is 0 Å². The van der Waals surface area contributed by atoms with E-state index >= 15 is 0 Å². The Morgan fingerprint density at radius 1 is 0.743 bits per heavy atom. The zero-order valence-electron chi connectivity index (χ0n) is 19.7. The third-order valence-electron chi connectivity index (χ3n) is 4.00. The van der Waals surface area contributed by atoms with Crippen LogP contribution in [0.1, 0.15) is 39.5 Å². The molecular weight excluding hydrogens is 507 g/mol. The predicted octanol–water partition coefficient (Wildman–Crippen LogP) is -6.34. The SMILES string of the molecule is C[C@H](N)C(=O)N[C@@H](CCCNC(=N)N)C(=O)[O-].C[C@H](N)C(=O)N[C@@H](CCCNC(=N)N)C(=O)[O-].[Mn+2]. The quantitative estimate of drug-likeness (QED) is 0.0423. The molecule has 0 aromatic heterocycles. The van der Waals surface area contributed by atoms with Crippen LogP contribution >= 0.6 is 0 Å². The number of amides is 2. The number of aliphatic carboxylic acids is 2. The summed E-state index contributed by atoms with van der Waals surface area (Å²) >= 11 is 0. The van der Waals surface area contributed by atoms with E-state index in [9.17, 15) is 29.4 Å². The van der Waals surface area contributed by atoms with Crippen LogP contribution < -0.4 is 54.4 Å². The van der Waals surface area contributed by atoms with E-state index in [1.807, 2.05) is 0 Å². The summed E-state index contributed by atoms with van der Waals surface area (Å²) in [5, 5.41) is 44.8. The third kappa shape index (κ3) is 21.2. The number of carboxylic acids is 2. The van der Waals surface area contributed by atoms with Gasteiger partial charge in [-0.05, 0) is 39.5 Å². The van der Waals surface area contributed by atoms with Crippen molar-refractivity contribution in [2.24, 2.45) is 22.9 Å². The molecule has 4 atom stereocenters. The summed E-state index contributed by atoms with van der Waals surface area (Å²) in [7, 11) is 0. The fourth-order valence-electron chi connectivity index (χ4n) is 2.16. The summed E-state index contributed by atoms with van der Waals surface area (Å²) in [5.41, 5.74) is 20.7. The van der Waals surface area contributed by atoms with Crippen molar-refractivity contribution in [2.45, 2.75) is 63.7 Å². The van der Waals surface area contributed by atoms with Gasteiger partial charge in [-0.3, -0.25) is 20.4 Å². The number of nitrogens with one attached hydrogen (secondary N) is 6. The van der Waals surface area contributed by atoms with Gasteiger partial charge in [-0.25, -0.2) is 0 Å². The Bertz CT molecular complexity index is 649. The molecule has 16 nitrogen and oxygen atoms in total. The maximum Gasteiger partial charge on any atom is 2.00 e. The van der Waals surface area contributed by atoms with E-state index in [0.29, 0.717) is 25.9 Å². The molecule has 0 unspecified atom stereocenters. The van der Waals surface area contributed by atoms with Crippen molar-refractivity contribution >= 4 is 35.7 Å². The second-order valence-corrected chi connectivity index (χ2v) is 7.30. The van der Waals surface area contributed by atoms with Crippen LogP contribution in [-0.4, -0.2) is 72.9 Å². The second kappa shape index (κ2) is 20.3. The first-order valence-electron chi connectivity index (χ1n) is 10.4. The van der Waals surface area contributed by atoms with Crippen LogP contribution in [0.15, 0.2) is 0 Å². The van der Waals surface area contributed by atoms with Gasteiger partial charge in [-0.1, -0.05) is 0 Å². The molecule has 0 aliphatic rings. The molecule has 0 fully saturated rings. The summed E-state index contributed by atoms with van der Waals surface area (Å²) in [4.78, 5) is 43.9. The summed E-state index contributed by atoms with van der Waals surface area (Å²) in [6.45, 7) is 3.62. The Labute approximate surface area is 214 Å². The second-order valence-electron chi connectivity index (χ2n) is 7.30. The molecule has 2 amide bonds. The average Bonchev–Trinajstić information content (AvgIpc) is 2.71. The Balaban J connectivity index is -0.000000569. The third-order valence-corrected chi connectivity index (χ3v) is 4.00. The molecule has 0 aliphatic carbocycles. The van der Waals surface area contributed by atoms with Crippen LogP contribution in [0.3, 0.4) is 0 Å². The molecule has 0 aromatic carbocycles. The van der Waals surface area contributed by atoms with Gasteiger partial charge in [0.15, 0.2) is 11.9 Å². The summed E-state index contributed by atoms with van der Waals surface area (Å²) in [6.07, 6.45) is 1.22. The molecule has 0 heterocycles. The van der Waals surface area contributed by atoms with Crippen molar-refractivity contribution in [1.82, 2.24) is 21.3 Å². The van der Waals surface area contributed by atoms with E-state index < -0.39 is 47.9 Å². The van der Waals surface area contributed by atoms with Crippen molar-refractivity contribution in [2.75, 3.05) is 13.1 Å². The van der Waals surface area contributed by atoms with Crippen molar-refractivity contribution in [3.63, 3.8) is 0 Å². The fourth-order valence-corrected chi connectivity index (χ4v) is 2.16. The normalized spacial score (nSPS) is 13.1. The average molecular weight is 543 g/mol. The van der Waals surface area contributed by atoms with Gasteiger partial charge in [-0.2, -0.15) is 0 Å². The van der Waals surface area contributed by atoms with E-state index in [0.717, 1.165) is 0 Å².